The molecule has 1 atom stereocenters. The van der Waals surface area contributed by atoms with Gasteiger partial charge >= 0.3 is 0 Å². The summed E-state index contributed by atoms with van der Waals surface area (Å²) in [5, 5.41) is 3.88. The second-order valence-electron chi connectivity index (χ2n) is 6.11. The van der Waals surface area contributed by atoms with Gasteiger partial charge in [-0.15, -0.1) is 0 Å². The molecule has 2 aromatic rings. The molecule has 2 heterocycles. The number of likely N-dealkylation sites (N-methyl/N-ethyl adjacent to an activating group) is 1. The first-order valence-electron chi connectivity index (χ1n) is 8.21. The highest BCUT2D eigenvalue weighted by atomic mass is 19.1. The number of aryl methyl sites for hydroxylation is 1. The molecule has 6 nitrogen and oxygen atoms in total. The molecule has 1 fully saturated rings. The fourth-order valence-electron chi connectivity index (χ4n) is 2.96. The van der Waals surface area contributed by atoms with Crippen LogP contribution in [0.3, 0.4) is 0 Å². The third-order valence-electron chi connectivity index (χ3n) is 4.26. The predicted molar refractivity (Wildman–Crippen MR) is 87.3 cm³/mol. The van der Waals surface area contributed by atoms with Gasteiger partial charge in [-0.3, -0.25) is 9.80 Å². The minimum absolute atomic E-state index is 0.0625. The average Bonchev–Trinajstić information content (AvgIpc) is 2.98. The molecule has 1 aliphatic rings. The van der Waals surface area contributed by atoms with Crippen LogP contribution in [0, 0.1) is 12.7 Å². The lowest BCUT2D eigenvalue weighted by Crippen LogP contribution is -2.46. The van der Waals surface area contributed by atoms with Gasteiger partial charge in [-0.2, -0.15) is 4.98 Å². The van der Waals surface area contributed by atoms with E-state index in [2.05, 4.69) is 27.0 Å². The average molecular weight is 334 g/mol. The van der Waals surface area contributed by atoms with Crippen molar-refractivity contribution in [2.24, 2.45) is 0 Å². The molecule has 0 unspecified atom stereocenters. The molecule has 24 heavy (non-hydrogen) atoms. The van der Waals surface area contributed by atoms with E-state index in [4.69, 9.17) is 9.26 Å². The van der Waals surface area contributed by atoms with Gasteiger partial charge in [0.2, 0.25) is 5.89 Å². The lowest BCUT2D eigenvalue weighted by molar-refractivity contribution is 0.0714. The number of ether oxygens (including phenoxy) is 1. The van der Waals surface area contributed by atoms with E-state index >= 15 is 0 Å². The lowest BCUT2D eigenvalue weighted by atomic mass is 10.1. The van der Waals surface area contributed by atoms with Gasteiger partial charge in [0.05, 0.1) is 6.61 Å². The molecular weight excluding hydrogens is 311 g/mol. The van der Waals surface area contributed by atoms with Gasteiger partial charge in [0.1, 0.15) is 6.04 Å². The van der Waals surface area contributed by atoms with E-state index in [1.165, 1.54) is 0 Å². The van der Waals surface area contributed by atoms with Crippen molar-refractivity contribution in [3.05, 3.63) is 41.3 Å². The summed E-state index contributed by atoms with van der Waals surface area (Å²) in [6.45, 7) is 7.38. The first-order chi connectivity index (χ1) is 11.6. The summed E-state index contributed by atoms with van der Waals surface area (Å²) in [5.41, 5.74) is 0.931. The van der Waals surface area contributed by atoms with Gasteiger partial charge in [0, 0.05) is 26.2 Å². The van der Waals surface area contributed by atoms with Gasteiger partial charge < -0.3 is 9.26 Å². The van der Waals surface area contributed by atoms with Gasteiger partial charge in [-0.1, -0.05) is 11.2 Å². The minimum atomic E-state index is -0.312. The Bertz CT molecular complexity index is 691. The van der Waals surface area contributed by atoms with Crippen molar-refractivity contribution in [2.75, 3.05) is 33.3 Å². The molecule has 3 rings (SSSR count). The van der Waals surface area contributed by atoms with E-state index < -0.39 is 0 Å². The summed E-state index contributed by atoms with van der Waals surface area (Å²) < 4.78 is 24.6. The Kier molecular flexibility index (Phi) is 5.11. The van der Waals surface area contributed by atoms with Crippen LogP contribution in [0.2, 0.25) is 0 Å². The Morgan fingerprint density at radius 1 is 1.38 bits per heavy atom. The molecule has 0 radical (unpaired) electrons. The zero-order chi connectivity index (χ0) is 17.1. The third-order valence-corrected chi connectivity index (χ3v) is 4.26. The second-order valence-corrected chi connectivity index (χ2v) is 6.11. The number of rotatable bonds is 5. The number of hydrogen-bond donors (Lipinski definition) is 0. The summed E-state index contributed by atoms with van der Waals surface area (Å²) in [6, 6.07) is 5.23. The Hall–Kier alpha value is -1.99. The molecule has 1 saturated heterocycles. The van der Waals surface area contributed by atoms with Crippen LogP contribution in [-0.4, -0.2) is 53.2 Å². The quantitative estimate of drug-likeness (QED) is 0.837. The Morgan fingerprint density at radius 3 is 2.88 bits per heavy atom. The molecule has 0 amide bonds. The highest BCUT2D eigenvalue weighted by Gasteiger charge is 2.29. The summed E-state index contributed by atoms with van der Waals surface area (Å²) in [6.07, 6.45) is 0. The topological polar surface area (TPSA) is 54.6 Å². The molecule has 1 aliphatic heterocycles. The minimum Gasteiger partial charge on any atom is -0.491 e. The maximum absolute atomic E-state index is 14.0. The van der Waals surface area contributed by atoms with E-state index in [1.54, 1.807) is 12.1 Å². The maximum Gasteiger partial charge on any atom is 0.245 e. The molecule has 0 spiro atoms. The standard InChI is InChI=1S/C17H23FN4O2/c1-4-23-16-6-5-13(9-14(16)18)10-22-8-7-21(3)15(11-22)17-19-12(2)20-24-17/h5-6,9,15H,4,7-8,10-11H2,1-3H3/t15-/m1/s1. The van der Waals surface area contributed by atoms with E-state index in [0.717, 1.165) is 25.2 Å². The zero-order valence-corrected chi connectivity index (χ0v) is 14.3. The number of aromatic nitrogens is 2. The number of benzene rings is 1. The van der Waals surface area contributed by atoms with Crippen LogP contribution in [0.4, 0.5) is 4.39 Å². The molecule has 0 N–H and O–H groups in total. The fourth-order valence-corrected chi connectivity index (χ4v) is 2.96. The van der Waals surface area contributed by atoms with Gasteiger partial charge in [0.25, 0.3) is 0 Å². The van der Waals surface area contributed by atoms with Crippen LogP contribution >= 0.6 is 0 Å². The predicted octanol–water partition coefficient (Wildman–Crippen LogP) is 2.40. The van der Waals surface area contributed by atoms with Crippen molar-refractivity contribution in [3.8, 4) is 5.75 Å². The number of piperazine rings is 1. The summed E-state index contributed by atoms with van der Waals surface area (Å²) in [7, 11) is 2.05. The Labute approximate surface area is 141 Å². The normalized spacial score (nSPS) is 19.6. The van der Waals surface area contributed by atoms with E-state index in [-0.39, 0.29) is 11.9 Å². The fraction of sp³-hybridized carbons (Fsp3) is 0.529. The molecular formula is C17H23FN4O2. The van der Waals surface area contributed by atoms with E-state index in [9.17, 15) is 4.39 Å². The van der Waals surface area contributed by atoms with Crippen molar-refractivity contribution in [1.29, 1.82) is 0 Å². The number of hydrogen-bond acceptors (Lipinski definition) is 6. The van der Waals surface area contributed by atoms with Crippen LogP contribution in [0.1, 0.15) is 30.2 Å². The number of nitrogens with zero attached hydrogens (tertiary/aromatic N) is 4. The summed E-state index contributed by atoms with van der Waals surface area (Å²) >= 11 is 0. The van der Waals surface area contributed by atoms with Crippen LogP contribution in [-0.2, 0) is 6.54 Å². The van der Waals surface area contributed by atoms with Gasteiger partial charge in [-0.25, -0.2) is 4.39 Å². The lowest BCUT2D eigenvalue weighted by Gasteiger charge is -2.37. The molecule has 1 aromatic heterocycles. The largest absolute Gasteiger partial charge is 0.491 e. The van der Waals surface area contributed by atoms with Crippen molar-refractivity contribution >= 4 is 0 Å². The van der Waals surface area contributed by atoms with E-state index in [1.807, 2.05) is 19.9 Å². The van der Waals surface area contributed by atoms with Crippen LogP contribution in [0.15, 0.2) is 22.7 Å². The second kappa shape index (κ2) is 7.27. The molecule has 0 saturated carbocycles. The molecule has 0 bridgehead atoms. The van der Waals surface area contributed by atoms with Crippen LogP contribution in [0.25, 0.3) is 0 Å². The Balaban J connectivity index is 1.68. The van der Waals surface area contributed by atoms with Crippen molar-refractivity contribution in [3.63, 3.8) is 0 Å². The molecule has 0 aliphatic carbocycles. The highest BCUT2D eigenvalue weighted by Crippen LogP contribution is 2.25. The summed E-state index contributed by atoms with van der Waals surface area (Å²) in [5.74, 6) is 1.27. The Morgan fingerprint density at radius 2 is 2.21 bits per heavy atom. The van der Waals surface area contributed by atoms with Gasteiger partial charge in [-0.05, 0) is 38.6 Å². The first kappa shape index (κ1) is 16.9. The van der Waals surface area contributed by atoms with Crippen molar-refractivity contribution < 1.29 is 13.7 Å². The van der Waals surface area contributed by atoms with Crippen LogP contribution < -0.4 is 4.74 Å². The van der Waals surface area contributed by atoms with Gasteiger partial charge in [0.15, 0.2) is 17.4 Å². The highest BCUT2D eigenvalue weighted by molar-refractivity contribution is 5.29. The monoisotopic (exact) mass is 334 g/mol. The molecule has 1 aromatic carbocycles. The smallest absolute Gasteiger partial charge is 0.245 e. The summed E-state index contributed by atoms with van der Waals surface area (Å²) in [4.78, 5) is 8.84. The van der Waals surface area contributed by atoms with Crippen LogP contribution in [0.5, 0.6) is 5.75 Å². The SMILES string of the molecule is CCOc1ccc(CN2CCN(C)[C@@H](c3nc(C)no3)C2)cc1F. The number of halogens is 1. The maximum atomic E-state index is 14.0. The molecule has 7 heteroatoms. The van der Waals surface area contributed by atoms with Crippen molar-refractivity contribution in [1.82, 2.24) is 19.9 Å². The van der Waals surface area contributed by atoms with Crippen molar-refractivity contribution in [2.45, 2.75) is 26.4 Å². The van der Waals surface area contributed by atoms with E-state index in [0.29, 0.717) is 30.6 Å². The molecule has 130 valence electrons. The third kappa shape index (κ3) is 3.73. The zero-order valence-electron chi connectivity index (χ0n) is 14.3. The first-order valence-corrected chi connectivity index (χ1v) is 8.21.